The number of rotatable bonds is 9. The van der Waals surface area contributed by atoms with Gasteiger partial charge in [0.1, 0.15) is 0 Å². The third-order valence-corrected chi connectivity index (χ3v) is 4.03. The molecule has 0 bridgehead atoms. The molecule has 1 aromatic rings. The van der Waals surface area contributed by atoms with E-state index >= 15 is 0 Å². The molecule has 0 amide bonds. The maximum absolute atomic E-state index is 11.0. The number of halogens is 1. The van der Waals surface area contributed by atoms with Crippen LogP contribution in [0.5, 0.6) is 0 Å². The molecule has 3 N–H and O–H groups in total. The van der Waals surface area contributed by atoms with Gasteiger partial charge in [0.15, 0.2) is 0 Å². The van der Waals surface area contributed by atoms with Crippen molar-refractivity contribution < 1.29 is 9.90 Å². The number of benzene rings is 1. The minimum Gasteiger partial charge on any atom is -0.481 e. The highest BCUT2D eigenvalue weighted by Crippen LogP contribution is 2.22. The van der Waals surface area contributed by atoms with Gasteiger partial charge in [0, 0.05) is 11.6 Å². The molecule has 4 heteroatoms. The van der Waals surface area contributed by atoms with E-state index in [1.54, 1.807) is 0 Å². The van der Waals surface area contributed by atoms with Crippen LogP contribution in [0.1, 0.15) is 38.2 Å². The zero-order valence-electron chi connectivity index (χ0n) is 12.0. The summed E-state index contributed by atoms with van der Waals surface area (Å²) in [6.07, 6.45) is 4.75. The molecular weight excluding hydrogens is 274 g/mol. The number of aliphatic carboxylic acids is 1. The van der Waals surface area contributed by atoms with Crippen LogP contribution in [-0.4, -0.2) is 17.6 Å². The fourth-order valence-electron chi connectivity index (χ4n) is 2.48. The lowest BCUT2D eigenvalue weighted by Crippen LogP contribution is -2.25. The summed E-state index contributed by atoms with van der Waals surface area (Å²) in [5.41, 5.74) is 6.75. The van der Waals surface area contributed by atoms with Crippen molar-refractivity contribution in [1.82, 2.24) is 0 Å². The highest BCUT2D eigenvalue weighted by Gasteiger charge is 2.20. The van der Waals surface area contributed by atoms with Crippen molar-refractivity contribution in [3.05, 3.63) is 34.9 Å². The van der Waals surface area contributed by atoms with E-state index in [4.69, 9.17) is 22.4 Å². The Labute approximate surface area is 126 Å². The zero-order valence-corrected chi connectivity index (χ0v) is 12.8. The van der Waals surface area contributed by atoms with E-state index < -0.39 is 11.9 Å². The second-order valence-electron chi connectivity index (χ2n) is 5.30. The Hall–Kier alpha value is -1.06. The van der Waals surface area contributed by atoms with Crippen molar-refractivity contribution >= 4 is 17.6 Å². The number of carboxylic acids is 1. The molecule has 3 nitrogen and oxygen atoms in total. The Morgan fingerprint density at radius 2 is 2.20 bits per heavy atom. The predicted molar refractivity (Wildman–Crippen MR) is 83.0 cm³/mol. The van der Waals surface area contributed by atoms with Gasteiger partial charge in [-0.15, -0.1) is 0 Å². The molecule has 0 heterocycles. The standard InChI is InChI=1S/C16H24ClNO2/c1-2-12(9-14(11-18)16(19)20)5-3-6-13-7-4-8-15(17)10-13/h4,7-8,10,12,14H,2-3,5-6,9,11,18H2,1H3,(H,19,20). The Bertz CT molecular complexity index is 423. The first kappa shape index (κ1) is 17.0. The molecule has 2 atom stereocenters. The van der Waals surface area contributed by atoms with E-state index in [2.05, 4.69) is 13.0 Å². The van der Waals surface area contributed by atoms with Gasteiger partial charge < -0.3 is 10.8 Å². The first-order valence-corrected chi connectivity index (χ1v) is 7.61. The highest BCUT2D eigenvalue weighted by molar-refractivity contribution is 6.30. The minimum atomic E-state index is -0.777. The summed E-state index contributed by atoms with van der Waals surface area (Å²) in [6, 6.07) is 7.90. The fraction of sp³-hybridized carbons (Fsp3) is 0.562. The number of nitrogens with two attached hydrogens (primary N) is 1. The SMILES string of the molecule is CCC(CCCc1cccc(Cl)c1)CC(CN)C(=O)O. The summed E-state index contributed by atoms with van der Waals surface area (Å²) in [4.78, 5) is 11.0. The average molecular weight is 298 g/mol. The van der Waals surface area contributed by atoms with Gasteiger partial charge in [-0.2, -0.15) is 0 Å². The van der Waals surface area contributed by atoms with Crippen LogP contribution in [0.15, 0.2) is 24.3 Å². The molecule has 0 aliphatic heterocycles. The van der Waals surface area contributed by atoms with Gasteiger partial charge in [-0.05, 0) is 42.9 Å². The van der Waals surface area contributed by atoms with Crippen LogP contribution in [0, 0.1) is 11.8 Å². The van der Waals surface area contributed by atoms with Crippen LogP contribution in [-0.2, 0) is 11.2 Å². The monoisotopic (exact) mass is 297 g/mol. The third-order valence-electron chi connectivity index (χ3n) is 3.80. The van der Waals surface area contributed by atoms with Gasteiger partial charge in [0.25, 0.3) is 0 Å². The lowest BCUT2D eigenvalue weighted by Gasteiger charge is -2.18. The van der Waals surface area contributed by atoms with E-state index in [9.17, 15) is 4.79 Å². The van der Waals surface area contributed by atoms with Crippen molar-refractivity contribution in [3.63, 3.8) is 0 Å². The number of hydrogen-bond donors (Lipinski definition) is 2. The molecule has 0 saturated heterocycles. The molecule has 20 heavy (non-hydrogen) atoms. The predicted octanol–water partition coefficient (Wildman–Crippen LogP) is 3.74. The molecule has 0 aliphatic rings. The van der Waals surface area contributed by atoms with E-state index in [0.717, 1.165) is 30.7 Å². The molecule has 0 spiro atoms. The first-order chi connectivity index (χ1) is 9.56. The largest absolute Gasteiger partial charge is 0.481 e. The summed E-state index contributed by atoms with van der Waals surface area (Å²) < 4.78 is 0. The van der Waals surface area contributed by atoms with Gasteiger partial charge in [0.05, 0.1) is 5.92 Å². The Morgan fingerprint density at radius 3 is 2.75 bits per heavy atom. The van der Waals surface area contributed by atoms with Gasteiger partial charge in [-0.3, -0.25) is 4.79 Å². The van der Waals surface area contributed by atoms with Crippen LogP contribution in [0.3, 0.4) is 0 Å². The average Bonchev–Trinajstić information content (AvgIpc) is 2.42. The van der Waals surface area contributed by atoms with Crippen molar-refractivity contribution in [2.75, 3.05) is 6.54 Å². The maximum atomic E-state index is 11.0. The summed E-state index contributed by atoms with van der Waals surface area (Å²) in [7, 11) is 0. The number of aryl methyl sites for hydroxylation is 1. The molecule has 1 rings (SSSR count). The van der Waals surface area contributed by atoms with Crippen molar-refractivity contribution in [3.8, 4) is 0 Å². The molecule has 1 aromatic carbocycles. The number of hydrogen-bond acceptors (Lipinski definition) is 2. The fourth-order valence-corrected chi connectivity index (χ4v) is 2.69. The quantitative estimate of drug-likeness (QED) is 0.730. The topological polar surface area (TPSA) is 63.3 Å². The Kier molecular flexibility index (Phi) is 7.63. The third kappa shape index (κ3) is 5.93. The smallest absolute Gasteiger partial charge is 0.307 e. The molecule has 0 radical (unpaired) electrons. The van der Waals surface area contributed by atoms with Crippen LogP contribution < -0.4 is 5.73 Å². The van der Waals surface area contributed by atoms with Crippen molar-refractivity contribution in [1.29, 1.82) is 0 Å². The normalized spacial score (nSPS) is 13.9. The second-order valence-corrected chi connectivity index (χ2v) is 5.74. The first-order valence-electron chi connectivity index (χ1n) is 7.24. The summed E-state index contributed by atoms with van der Waals surface area (Å²) in [5, 5.41) is 9.82. The summed E-state index contributed by atoms with van der Waals surface area (Å²) in [6.45, 7) is 2.33. The maximum Gasteiger partial charge on any atom is 0.307 e. The van der Waals surface area contributed by atoms with Gasteiger partial charge in [0.2, 0.25) is 0 Å². The molecule has 0 aromatic heterocycles. The van der Waals surface area contributed by atoms with Gasteiger partial charge in [-0.1, -0.05) is 43.5 Å². The number of carbonyl (C=O) groups is 1. The van der Waals surface area contributed by atoms with Gasteiger partial charge in [-0.25, -0.2) is 0 Å². The van der Waals surface area contributed by atoms with Crippen LogP contribution in [0.25, 0.3) is 0 Å². The second kappa shape index (κ2) is 8.98. The van der Waals surface area contributed by atoms with Crippen LogP contribution in [0.4, 0.5) is 0 Å². The van der Waals surface area contributed by atoms with E-state index in [1.165, 1.54) is 5.56 Å². The van der Waals surface area contributed by atoms with E-state index in [0.29, 0.717) is 12.3 Å². The molecular formula is C16H24ClNO2. The Morgan fingerprint density at radius 1 is 1.45 bits per heavy atom. The summed E-state index contributed by atoms with van der Waals surface area (Å²) in [5.74, 6) is -0.759. The molecule has 2 unspecified atom stereocenters. The lowest BCUT2D eigenvalue weighted by atomic mass is 9.88. The van der Waals surface area contributed by atoms with Crippen LogP contribution >= 0.6 is 11.6 Å². The highest BCUT2D eigenvalue weighted by atomic mass is 35.5. The minimum absolute atomic E-state index is 0.222. The summed E-state index contributed by atoms with van der Waals surface area (Å²) >= 11 is 5.96. The van der Waals surface area contributed by atoms with E-state index in [1.807, 2.05) is 18.2 Å². The van der Waals surface area contributed by atoms with E-state index in [-0.39, 0.29) is 6.54 Å². The molecule has 0 aliphatic carbocycles. The zero-order chi connectivity index (χ0) is 15.0. The van der Waals surface area contributed by atoms with Crippen molar-refractivity contribution in [2.45, 2.75) is 39.0 Å². The van der Waals surface area contributed by atoms with Gasteiger partial charge >= 0.3 is 5.97 Å². The molecule has 0 saturated carbocycles. The number of carboxylic acid groups (broad SMARTS) is 1. The lowest BCUT2D eigenvalue weighted by molar-refractivity contribution is -0.142. The molecule has 0 fully saturated rings. The van der Waals surface area contributed by atoms with Crippen molar-refractivity contribution in [2.24, 2.45) is 17.6 Å². The molecule has 112 valence electrons. The van der Waals surface area contributed by atoms with Crippen LogP contribution in [0.2, 0.25) is 5.02 Å². The Balaban J connectivity index is 2.39.